The van der Waals surface area contributed by atoms with E-state index < -0.39 is 5.97 Å². The molecule has 0 aliphatic heterocycles. The largest absolute Gasteiger partial charge is 0.493 e. The molecule has 0 aromatic heterocycles. The first kappa shape index (κ1) is 21.5. The molecule has 0 saturated heterocycles. The Balaban J connectivity index is 2.49. The molecular formula is C20H29NO5. The minimum Gasteiger partial charge on any atom is -0.493 e. The van der Waals surface area contributed by atoms with Gasteiger partial charge in [-0.2, -0.15) is 0 Å². The molecule has 0 heterocycles. The number of carboxylic acids is 1. The van der Waals surface area contributed by atoms with Crippen LogP contribution in [0.25, 0.3) is 6.08 Å². The highest BCUT2D eigenvalue weighted by Gasteiger charge is 2.05. The molecule has 0 saturated carbocycles. The molecule has 0 spiro atoms. The van der Waals surface area contributed by atoms with Crippen LogP contribution >= 0.6 is 0 Å². The molecule has 2 N–H and O–H groups in total. The summed E-state index contributed by atoms with van der Waals surface area (Å²) in [5, 5.41) is 11.2. The second-order valence-corrected chi connectivity index (χ2v) is 5.94. The van der Waals surface area contributed by atoms with E-state index in [0.717, 1.165) is 18.4 Å². The fraction of sp³-hybridized carbons (Fsp3) is 0.500. The predicted octanol–water partition coefficient (Wildman–Crippen LogP) is 3.65. The third-order valence-corrected chi connectivity index (χ3v) is 3.74. The number of carbonyl (C=O) groups is 2. The molecule has 1 aromatic rings. The minimum atomic E-state index is -0.866. The second-order valence-electron chi connectivity index (χ2n) is 5.94. The van der Waals surface area contributed by atoms with Gasteiger partial charge in [0.25, 0.3) is 0 Å². The van der Waals surface area contributed by atoms with Gasteiger partial charge >= 0.3 is 5.97 Å². The average molecular weight is 363 g/mol. The van der Waals surface area contributed by atoms with E-state index in [0.29, 0.717) is 31.1 Å². The first-order valence-corrected chi connectivity index (χ1v) is 9.05. The number of carbonyl (C=O) groups excluding carboxylic acids is 1. The van der Waals surface area contributed by atoms with Crippen LogP contribution in [0.5, 0.6) is 11.5 Å². The molecule has 6 nitrogen and oxygen atoms in total. The summed E-state index contributed by atoms with van der Waals surface area (Å²) < 4.78 is 11.1. The van der Waals surface area contributed by atoms with Gasteiger partial charge in [0, 0.05) is 19.0 Å². The number of hydrogen-bond donors (Lipinski definition) is 2. The van der Waals surface area contributed by atoms with Crippen molar-refractivity contribution in [2.45, 2.75) is 45.4 Å². The van der Waals surface area contributed by atoms with Gasteiger partial charge in [-0.3, -0.25) is 9.59 Å². The zero-order valence-electron chi connectivity index (χ0n) is 15.6. The number of amides is 1. The van der Waals surface area contributed by atoms with Crippen molar-refractivity contribution in [2.75, 3.05) is 20.3 Å². The van der Waals surface area contributed by atoms with E-state index >= 15 is 0 Å². The summed E-state index contributed by atoms with van der Waals surface area (Å²) in [5.74, 6) is 0.198. The molecule has 0 radical (unpaired) electrons. The number of methoxy groups -OCH3 is 1. The fourth-order valence-corrected chi connectivity index (χ4v) is 2.30. The summed E-state index contributed by atoms with van der Waals surface area (Å²) >= 11 is 0. The van der Waals surface area contributed by atoms with Crippen LogP contribution in [0.3, 0.4) is 0 Å². The predicted molar refractivity (Wildman–Crippen MR) is 102 cm³/mol. The van der Waals surface area contributed by atoms with Crippen LogP contribution in [0.1, 0.15) is 51.0 Å². The number of benzene rings is 1. The maximum absolute atomic E-state index is 11.7. The molecule has 1 rings (SSSR count). The summed E-state index contributed by atoms with van der Waals surface area (Å²) in [5.41, 5.74) is 0.820. The molecule has 0 unspecified atom stereocenters. The summed E-state index contributed by atoms with van der Waals surface area (Å²) in [6, 6.07) is 5.51. The van der Waals surface area contributed by atoms with Gasteiger partial charge in [-0.1, -0.05) is 32.3 Å². The average Bonchev–Trinajstić information content (AvgIpc) is 2.63. The highest BCUT2D eigenvalue weighted by atomic mass is 16.5. The Bertz CT molecular complexity index is 598. The van der Waals surface area contributed by atoms with Gasteiger partial charge in [0.1, 0.15) is 0 Å². The number of rotatable bonds is 13. The highest BCUT2D eigenvalue weighted by molar-refractivity contribution is 5.91. The molecule has 0 bridgehead atoms. The molecule has 0 aliphatic rings. The molecular weight excluding hydrogens is 334 g/mol. The van der Waals surface area contributed by atoms with Crippen LogP contribution in [0.15, 0.2) is 24.3 Å². The van der Waals surface area contributed by atoms with E-state index in [1.165, 1.54) is 18.9 Å². The molecule has 0 aliphatic carbocycles. The van der Waals surface area contributed by atoms with E-state index in [1.54, 1.807) is 13.2 Å². The van der Waals surface area contributed by atoms with Crippen molar-refractivity contribution in [2.24, 2.45) is 0 Å². The number of unbranched alkanes of at least 4 members (excludes halogenated alkanes) is 3. The fourth-order valence-electron chi connectivity index (χ4n) is 2.30. The van der Waals surface area contributed by atoms with Crippen molar-refractivity contribution in [1.82, 2.24) is 5.32 Å². The molecule has 26 heavy (non-hydrogen) atoms. The van der Waals surface area contributed by atoms with Crippen molar-refractivity contribution in [1.29, 1.82) is 0 Å². The van der Waals surface area contributed by atoms with E-state index in [2.05, 4.69) is 12.2 Å². The van der Waals surface area contributed by atoms with Crippen LogP contribution in [-0.2, 0) is 9.59 Å². The zero-order chi connectivity index (χ0) is 19.2. The van der Waals surface area contributed by atoms with Crippen molar-refractivity contribution in [3.63, 3.8) is 0 Å². The van der Waals surface area contributed by atoms with Crippen LogP contribution < -0.4 is 14.8 Å². The van der Waals surface area contributed by atoms with Gasteiger partial charge in [0.2, 0.25) is 5.91 Å². The lowest BCUT2D eigenvalue weighted by molar-refractivity contribution is -0.137. The summed E-state index contributed by atoms with van der Waals surface area (Å²) in [4.78, 5) is 22.1. The maximum atomic E-state index is 11.7. The monoisotopic (exact) mass is 363 g/mol. The van der Waals surface area contributed by atoms with Crippen LogP contribution in [0, 0.1) is 0 Å². The Morgan fingerprint density at radius 1 is 1.15 bits per heavy atom. The van der Waals surface area contributed by atoms with Crippen LogP contribution in [-0.4, -0.2) is 37.2 Å². The van der Waals surface area contributed by atoms with E-state index in [4.69, 9.17) is 14.6 Å². The van der Waals surface area contributed by atoms with Gasteiger partial charge in [-0.25, -0.2) is 0 Å². The number of hydrogen-bond acceptors (Lipinski definition) is 4. The zero-order valence-corrected chi connectivity index (χ0v) is 15.6. The van der Waals surface area contributed by atoms with Crippen molar-refractivity contribution in [3.05, 3.63) is 29.8 Å². The number of aliphatic carboxylic acids is 1. The first-order valence-electron chi connectivity index (χ1n) is 9.05. The molecule has 1 aromatic carbocycles. The lowest BCUT2D eigenvalue weighted by Gasteiger charge is -2.11. The smallest absolute Gasteiger partial charge is 0.303 e. The molecule has 1 amide bonds. The maximum Gasteiger partial charge on any atom is 0.303 e. The lowest BCUT2D eigenvalue weighted by Crippen LogP contribution is -2.22. The van der Waals surface area contributed by atoms with Gasteiger partial charge in [0.15, 0.2) is 11.5 Å². The van der Waals surface area contributed by atoms with Gasteiger partial charge in [-0.05, 0) is 36.6 Å². The van der Waals surface area contributed by atoms with Crippen LogP contribution in [0.4, 0.5) is 0 Å². The third-order valence-electron chi connectivity index (χ3n) is 3.74. The Morgan fingerprint density at radius 2 is 1.96 bits per heavy atom. The third kappa shape index (κ3) is 9.11. The SMILES string of the molecule is CCCCCCOc1ccc(/C=C/C(=O)NCCCC(=O)O)cc1OC. The van der Waals surface area contributed by atoms with Gasteiger partial charge in [-0.15, -0.1) is 0 Å². The van der Waals surface area contributed by atoms with Crippen molar-refractivity contribution >= 4 is 18.0 Å². The quantitative estimate of drug-likeness (QED) is 0.413. The Labute approximate surface area is 155 Å². The van der Waals surface area contributed by atoms with Gasteiger partial charge < -0.3 is 19.9 Å². The first-order chi connectivity index (χ1) is 12.6. The van der Waals surface area contributed by atoms with Crippen molar-refractivity contribution < 1.29 is 24.2 Å². The molecule has 0 atom stereocenters. The highest BCUT2D eigenvalue weighted by Crippen LogP contribution is 2.28. The molecule has 144 valence electrons. The number of nitrogens with one attached hydrogen (secondary N) is 1. The summed E-state index contributed by atoms with van der Waals surface area (Å²) in [7, 11) is 1.59. The summed E-state index contributed by atoms with van der Waals surface area (Å²) in [6.07, 6.45) is 8.12. The van der Waals surface area contributed by atoms with E-state index in [-0.39, 0.29) is 12.3 Å². The second kappa shape index (κ2) is 12.8. The van der Waals surface area contributed by atoms with E-state index in [9.17, 15) is 9.59 Å². The normalized spacial score (nSPS) is 10.7. The summed E-state index contributed by atoms with van der Waals surface area (Å²) in [6.45, 7) is 3.17. The number of ether oxygens (including phenoxy) is 2. The van der Waals surface area contributed by atoms with Gasteiger partial charge in [0.05, 0.1) is 13.7 Å². The Hall–Kier alpha value is -2.50. The van der Waals surface area contributed by atoms with E-state index in [1.807, 2.05) is 18.2 Å². The minimum absolute atomic E-state index is 0.0428. The number of carboxylic acid groups (broad SMARTS) is 1. The standard InChI is InChI=1S/C20H29NO5/c1-3-4-5-6-14-26-17-11-9-16(15-18(17)25-2)10-12-19(22)21-13-7-8-20(23)24/h9-12,15H,3-8,13-14H2,1-2H3,(H,21,22)(H,23,24)/b12-10+. The Morgan fingerprint density at radius 3 is 2.65 bits per heavy atom. The van der Waals surface area contributed by atoms with Crippen LogP contribution in [0.2, 0.25) is 0 Å². The Kier molecular flexibility index (Phi) is 10.6. The molecule has 6 heteroatoms. The van der Waals surface area contributed by atoms with Crippen molar-refractivity contribution in [3.8, 4) is 11.5 Å². The topological polar surface area (TPSA) is 84.9 Å². The lowest BCUT2D eigenvalue weighted by atomic mass is 10.2. The molecule has 0 fully saturated rings.